The zero-order valence-electron chi connectivity index (χ0n) is 14.5. The number of hydrogen-bond donors (Lipinski definition) is 1. The maximum atomic E-state index is 12.5. The first-order valence-electron chi connectivity index (χ1n) is 8.79. The van der Waals surface area contributed by atoms with E-state index in [-0.39, 0.29) is 30.6 Å². The van der Waals surface area contributed by atoms with E-state index in [0.717, 1.165) is 38.5 Å². The fourth-order valence-electron chi connectivity index (χ4n) is 3.89. The van der Waals surface area contributed by atoms with E-state index in [1.54, 1.807) is 0 Å². The molecule has 0 aromatic rings. The van der Waals surface area contributed by atoms with E-state index < -0.39 is 12.0 Å². The number of carbonyl (C=O) groups excluding carboxylic acids is 1. The van der Waals surface area contributed by atoms with Crippen LogP contribution in [0.4, 0.5) is 13.6 Å². The second kappa shape index (κ2) is 7.77. The van der Waals surface area contributed by atoms with Gasteiger partial charge in [0.25, 0.3) is 6.43 Å². The first kappa shape index (κ1) is 18.4. The van der Waals surface area contributed by atoms with E-state index in [1.165, 1.54) is 0 Å². The van der Waals surface area contributed by atoms with Crippen LogP contribution in [0.15, 0.2) is 0 Å². The summed E-state index contributed by atoms with van der Waals surface area (Å²) < 4.78 is 30.5. The Morgan fingerprint density at radius 3 is 2.61 bits per heavy atom. The van der Waals surface area contributed by atoms with Crippen molar-refractivity contribution in [2.75, 3.05) is 13.1 Å². The molecule has 1 N–H and O–H groups in total. The number of hydrogen-bond acceptors (Lipinski definition) is 3. The predicted octanol–water partition coefficient (Wildman–Crippen LogP) is 3.80. The Balaban J connectivity index is 2.03. The fourth-order valence-corrected chi connectivity index (χ4v) is 3.89. The molecule has 0 aromatic carbocycles. The molecule has 1 heterocycles. The van der Waals surface area contributed by atoms with Crippen molar-refractivity contribution in [3.8, 4) is 0 Å². The van der Waals surface area contributed by atoms with E-state index in [4.69, 9.17) is 4.74 Å². The number of carbonyl (C=O) groups is 1. The summed E-state index contributed by atoms with van der Waals surface area (Å²) in [5.41, 5.74) is -0.512. The van der Waals surface area contributed by atoms with E-state index >= 15 is 0 Å². The number of rotatable bonds is 4. The van der Waals surface area contributed by atoms with E-state index in [9.17, 15) is 13.6 Å². The van der Waals surface area contributed by atoms with Crippen LogP contribution >= 0.6 is 0 Å². The first-order valence-corrected chi connectivity index (χ1v) is 8.79. The van der Waals surface area contributed by atoms with Gasteiger partial charge in [-0.1, -0.05) is 6.42 Å². The molecule has 23 heavy (non-hydrogen) atoms. The van der Waals surface area contributed by atoms with Crippen LogP contribution in [-0.2, 0) is 4.74 Å². The number of nitrogens with one attached hydrogen (secondary N) is 1. The van der Waals surface area contributed by atoms with Crippen molar-refractivity contribution < 1.29 is 18.3 Å². The zero-order chi connectivity index (χ0) is 17.0. The summed E-state index contributed by atoms with van der Waals surface area (Å²) in [4.78, 5) is 14.4. The van der Waals surface area contributed by atoms with Gasteiger partial charge in [0, 0.05) is 18.6 Å². The molecule has 1 aliphatic heterocycles. The first-order chi connectivity index (χ1) is 10.8. The SMILES string of the molecule is CC(C)(C)OC(=O)N1CCCCC1C1CCCC1NCC(F)F. The van der Waals surface area contributed by atoms with Crippen molar-refractivity contribution >= 4 is 6.09 Å². The van der Waals surface area contributed by atoms with Gasteiger partial charge >= 0.3 is 6.09 Å². The van der Waals surface area contributed by atoms with Gasteiger partial charge in [-0.2, -0.15) is 0 Å². The van der Waals surface area contributed by atoms with Gasteiger partial charge in [-0.3, -0.25) is 0 Å². The molecule has 134 valence electrons. The lowest BCUT2D eigenvalue weighted by molar-refractivity contribution is -0.000610. The highest BCUT2D eigenvalue weighted by atomic mass is 19.3. The Labute approximate surface area is 137 Å². The maximum absolute atomic E-state index is 12.5. The molecule has 0 radical (unpaired) electrons. The molecule has 3 atom stereocenters. The Kier molecular flexibility index (Phi) is 6.23. The van der Waals surface area contributed by atoms with Crippen LogP contribution in [0.2, 0.25) is 0 Å². The number of likely N-dealkylation sites (tertiary alicyclic amines) is 1. The largest absolute Gasteiger partial charge is 0.444 e. The highest BCUT2D eigenvalue weighted by Gasteiger charge is 2.40. The van der Waals surface area contributed by atoms with Crippen LogP contribution in [0.1, 0.15) is 59.3 Å². The summed E-state index contributed by atoms with van der Waals surface area (Å²) in [6, 6.07) is 0.188. The van der Waals surface area contributed by atoms with Gasteiger partial charge in [0.2, 0.25) is 0 Å². The summed E-state index contributed by atoms with van der Waals surface area (Å²) >= 11 is 0. The van der Waals surface area contributed by atoms with Crippen molar-refractivity contribution in [2.45, 2.75) is 83.4 Å². The molecule has 0 spiro atoms. The van der Waals surface area contributed by atoms with Crippen LogP contribution < -0.4 is 5.32 Å². The number of amides is 1. The second-order valence-corrected chi connectivity index (χ2v) is 7.74. The van der Waals surface area contributed by atoms with E-state index in [1.807, 2.05) is 25.7 Å². The molecule has 4 nitrogen and oxygen atoms in total. The number of piperidine rings is 1. The summed E-state index contributed by atoms with van der Waals surface area (Å²) in [7, 11) is 0. The van der Waals surface area contributed by atoms with Gasteiger partial charge in [0.05, 0.1) is 6.54 Å². The topological polar surface area (TPSA) is 41.6 Å². The molecule has 1 saturated heterocycles. The van der Waals surface area contributed by atoms with Gasteiger partial charge < -0.3 is 15.0 Å². The Morgan fingerprint density at radius 1 is 1.22 bits per heavy atom. The van der Waals surface area contributed by atoms with Gasteiger partial charge in [-0.05, 0) is 58.8 Å². The van der Waals surface area contributed by atoms with Crippen LogP contribution in [-0.4, -0.2) is 48.2 Å². The molecule has 1 saturated carbocycles. The minimum Gasteiger partial charge on any atom is -0.444 e. The molecule has 2 fully saturated rings. The number of nitrogens with zero attached hydrogens (tertiary/aromatic N) is 1. The van der Waals surface area contributed by atoms with Crippen LogP contribution in [0.25, 0.3) is 0 Å². The lowest BCUT2D eigenvalue weighted by Crippen LogP contribution is -2.53. The Morgan fingerprint density at radius 2 is 1.96 bits per heavy atom. The second-order valence-electron chi connectivity index (χ2n) is 7.74. The molecule has 1 amide bonds. The average Bonchev–Trinajstić information content (AvgIpc) is 2.91. The van der Waals surface area contributed by atoms with Gasteiger partial charge in [0.15, 0.2) is 0 Å². The van der Waals surface area contributed by atoms with Crippen molar-refractivity contribution in [3.63, 3.8) is 0 Å². The summed E-state index contributed by atoms with van der Waals surface area (Å²) in [6.45, 7) is 6.04. The summed E-state index contributed by atoms with van der Waals surface area (Å²) in [6.07, 6.45) is 3.35. The van der Waals surface area contributed by atoms with Gasteiger partial charge in [-0.15, -0.1) is 0 Å². The highest BCUT2D eigenvalue weighted by molar-refractivity contribution is 5.68. The zero-order valence-corrected chi connectivity index (χ0v) is 14.5. The van der Waals surface area contributed by atoms with Gasteiger partial charge in [0.1, 0.15) is 5.60 Å². The van der Waals surface area contributed by atoms with Gasteiger partial charge in [-0.25, -0.2) is 13.6 Å². The third kappa shape index (κ3) is 5.30. The van der Waals surface area contributed by atoms with E-state index in [0.29, 0.717) is 6.54 Å². The molecule has 3 unspecified atom stereocenters. The molecule has 0 bridgehead atoms. The number of halogens is 2. The minimum atomic E-state index is -2.33. The Bertz CT molecular complexity index is 399. The van der Waals surface area contributed by atoms with E-state index in [2.05, 4.69) is 5.32 Å². The fraction of sp³-hybridized carbons (Fsp3) is 0.941. The molecule has 2 rings (SSSR count). The standard InChI is InChI=1S/C17H30F2N2O2/c1-17(2,3)23-16(22)21-10-5-4-9-14(21)12-7-6-8-13(12)20-11-15(18)19/h12-15,20H,4-11H2,1-3H3. The smallest absolute Gasteiger partial charge is 0.410 e. The third-order valence-electron chi connectivity index (χ3n) is 4.78. The number of alkyl halides is 2. The van der Waals surface area contributed by atoms with Crippen molar-refractivity contribution in [1.29, 1.82) is 0 Å². The normalized spacial score (nSPS) is 29.1. The van der Waals surface area contributed by atoms with Crippen molar-refractivity contribution in [1.82, 2.24) is 10.2 Å². The monoisotopic (exact) mass is 332 g/mol. The molecular weight excluding hydrogens is 302 g/mol. The summed E-state index contributed by atoms with van der Waals surface area (Å²) in [5.74, 6) is 0.251. The minimum absolute atomic E-state index is 0.0806. The molecule has 2 aliphatic rings. The predicted molar refractivity (Wildman–Crippen MR) is 85.7 cm³/mol. The van der Waals surface area contributed by atoms with Crippen LogP contribution in [0.3, 0.4) is 0 Å². The average molecular weight is 332 g/mol. The Hall–Kier alpha value is -0.910. The molecule has 0 aromatic heterocycles. The lowest BCUT2D eigenvalue weighted by Gasteiger charge is -2.41. The quantitative estimate of drug-likeness (QED) is 0.851. The van der Waals surface area contributed by atoms with Crippen LogP contribution in [0, 0.1) is 5.92 Å². The molecule has 1 aliphatic carbocycles. The number of ether oxygens (including phenoxy) is 1. The third-order valence-corrected chi connectivity index (χ3v) is 4.78. The van der Waals surface area contributed by atoms with Crippen molar-refractivity contribution in [2.24, 2.45) is 5.92 Å². The molecule has 6 heteroatoms. The van der Waals surface area contributed by atoms with Crippen LogP contribution in [0.5, 0.6) is 0 Å². The summed E-state index contributed by atoms with van der Waals surface area (Å²) in [5, 5.41) is 3.01. The highest BCUT2D eigenvalue weighted by Crippen LogP contribution is 2.36. The van der Waals surface area contributed by atoms with Crippen molar-refractivity contribution in [3.05, 3.63) is 0 Å². The molecular formula is C17H30F2N2O2. The maximum Gasteiger partial charge on any atom is 0.410 e. The lowest BCUT2D eigenvalue weighted by atomic mass is 9.87.